The van der Waals surface area contributed by atoms with Crippen LogP contribution in [0.3, 0.4) is 0 Å². The fraction of sp³-hybridized carbons (Fsp3) is 0.265. The normalized spacial score (nSPS) is 21.3. The highest BCUT2D eigenvalue weighted by atomic mass is 15.3. The third kappa shape index (κ3) is 4.60. The summed E-state index contributed by atoms with van der Waals surface area (Å²) in [7, 11) is 0. The van der Waals surface area contributed by atoms with E-state index in [2.05, 4.69) is 189 Å². The summed E-state index contributed by atoms with van der Waals surface area (Å²) in [6.45, 7) is 12.3. The van der Waals surface area contributed by atoms with Crippen molar-refractivity contribution < 1.29 is 0 Å². The van der Waals surface area contributed by atoms with E-state index in [0.29, 0.717) is 0 Å². The number of para-hydroxylation sites is 4. The Balaban J connectivity index is 1.31. The standard InChI is InChI=1S/C49H48BN3/c1-47(2,3)34-27-28-41-38(31-34)48(4)29-17-8-18-30-49(48,5)53(41)37-32-44-46-45(33-37)52(36-21-11-7-12-22-36)43-26-16-14-24-40(43)50(46)39-23-13-15-25-42(39)51(44)35-19-9-6-10-20-35/h6-7,9-16,19-28,31-33H,8,17-18,29-30H2,1-5H3. The van der Waals surface area contributed by atoms with Gasteiger partial charge in [0.15, 0.2) is 0 Å². The van der Waals surface area contributed by atoms with Crippen molar-refractivity contribution in [1.29, 1.82) is 0 Å². The molecule has 10 rings (SSSR count). The topological polar surface area (TPSA) is 9.72 Å². The third-order valence-corrected chi connectivity index (χ3v) is 13.4. The molecule has 2 unspecified atom stereocenters. The summed E-state index contributed by atoms with van der Waals surface area (Å²) in [5.74, 6) is 0. The van der Waals surface area contributed by atoms with Gasteiger partial charge in [-0.1, -0.05) is 132 Å². The lowest BCUT2D eigenvalue weighted by Gasteiger charge is -2.48. The fourth-order valence-corrected chi connectivity index (χ4v) is 10.5. The summed E-state index contributed by atoms with van der Waals surface area (Å²) in [4.78, 5) is 7.87. The first kappa shape index (κ1) is 32.4. The molecule has 0 amide bonds. The van der Waals surface area contributed by atoms with E-state index in [1.807, 2.05) is 0 Å². The Kier molecular flexibility index (Phi) is 7.12. The summed E-state index contributed by atoms with van der Waals surface area (Å²) in [6.07, 6.45) is 6.17. The van der Waals surface area contributed by atoms with Gasteiger partial charge in [-0.2, -0.15) is 0 Å². The number of fused-ring (bicyclic) bond motifs is 7. The molecule has 0 N–H and O–H groups in total. The van der Waals surface area contributed by atoms with Gasteiger partial charge in [-0.05, 0) is 107 Å². The number of anilines is 8. The van der Waals surface area contributed by atoms with Crippen molar-refractivity contribution in [2.75, 3.05) is 14.7 Å². The summed E-state index contributed by atoms with van der Waals surface area (Å²) in [5, 5.41) is 0. The highest BCUT2D eigenvalue weighted by Crippen LogP contribution is 2.61. The van der Waals surface area contributed by atoms with Crippen LogP contribution in [0.15, 0.2) is 140 Å². The van der Waals surface area contributed by atoms with E-state index in [4.69, 9.17) is 0 Å². The van der Waals surface area contributed by atoms with E-state index in [-0.39, 0.29) is 23.1 Å². The molecule has 1 fully saturated rings. The van der Waals surface area contributed by atoms with Crippen molar-refractivity contribution in [3.8, 4) is 0 Å². The van der Waals surface area contributed by atoms with E-state index in [1.54, 1.807) is 0 Å². The van der Waals surface area contributed by atoms with Crippen LogP contribution in [0.5, 0.6) is 0 Å². The smallest absolute Gasteiger partial charge is 0.252 e. The molecule has 0 aromatic heterocycles. The Morgan fingerprint density at radius 1 is 0.509 bits per heavy atom. The number of hydrogen-bond donors (Lipinski definition) is 0. The van der Waals surface area contributed by atoms with Gasteiger partial charge in [0, 0.05) is 50.9 Å². The van der Waals surface area contributed by atoms with Gasteiger partial charge in [0.1, 0.15) is 0 Å². The van der Waals surface area contributed by atoms with E-state index in [1.165, 1.54) is 98.7 Å². The van der Waals surface area contributed by atoms with Crippen LogP contribution >= 0.6 is 0 Å². The van der Waals surface area contributed by atoms with E-state index in [0.717, 1.165) is 6.42 Å². The summed E-state index contributed by atoms with van der Waals surface area (Å²) in [5.41, 5.74) is 17.1. The molecule has 6 aromatic carbocycles. The third-order valence-electron chi connectivity index (χ3n) is 13.4. The molecule has 262 valence electrons. The van der Waals surface area contributed by atoms with Gasteiger partial charge in [0.25, 0.3) is 6.71 Å². The fourth-order valence-electron chi connectivity index (χ4n) is 10.5. The zero-order chi connectivity index (χ0) is 36.1. The monoisotopic (exact) mass is 689 g/mol. The molecule has 0 bridgehead atoms. The van der Waals surface area contributed by atoms with Gasteiger partial charge >= 0.3 is 0 Å². The second-order valence-electron chi connectivity index (χ2n) is 17.3. The lowest BCUT2D eigenvalue weighted by atomic mass is 9.33. The van der Waals surface area contributed by atoms with Crippen LogP contribution in [-0.4, -0.2) is 12.3 Å². The molecule has 4 aliphatic rings. The van der Waals surface area contributed by atoms with Crippen molar-refractivity contribution in [3.05, 3.63) is 151 Å². The second-order valence-corrected chi connectivity index (χ2v) is 17.3. The molecule has 0 radical (unpaired) electrons. The molecule has 0 spiro atoms. The first-order chi connectivity index (χ1) is 25.7. The number of nitrogens with zero attached hydrogens (tertiary/aromatic N) is 3. The van der Waals surface area contributed by atoms with Gasteiger partial charge in [0.2, 0.25) is 0 Å². The minimum absolute atomic E-state index is 0.0210. The van der Waals surface area contributed by atoms with Crippen LogP contribution in [0.2, 0.25) is 0 Å². The van der Waals surface area contributed by atoms with E-state index in [9.17, 15) is 0 Å². The Bertz CT molecular complexity index is 2270. The average Bonchev–Trinajstić information content (AvgIpc) is 3.24. The number of rotatable bonds is 3. The van der Waals surface area contributed by atoms with Crippen LogP contribution in [-0.2, 0) is 10.8 Å². The molecule has 4 heteroatoms. The lowest BCUT2D eigenvalue weighted by molar-refractivity contribution is 0.261. The molecule has 0 saturated heterocycles. The SMILES string of the molecule is CC(C)(C)c1ccc2c(c1)C1(C)CCCCCC1(C)N2c1cc2c3c(c1)N(c1ccccc1)c1ccccc1B3c1ccccc1N2c1ccccc1. The Labute approximate surface area is 316 Å². The van der Waals surface area contributed by atoms with Gasteiger partial charge in [0.05, 0.1) is 5.54 Å². The van der Waals surface area contributed by atoms with Gasteiger partial charge < -0.3 is 14.7 Å². The van der Waals surface area contributed by atoms with Crippen molar-refractivity contribution in [2.24, 2.45) is 0 Å². The molecule has 1 aliphatic carbocycles. The molecule has 53 heavy (non-hydrogen) atoms. The first-order valence-electron chi connectivity index (χ1n) is 19.7. The maximum Gasteiger partial charge on any atom is 0.252 e. The second kappa shape index (κ2) is 11.6. The summed E-state index contributed by atoms with van der Waals surface area (Å²) < 4.78 is 0. The highest BCUT2D eigenvalue weighted by molar-refractivity contribution is 7.00. The largest absolute Gasteiger partial charge is 0.334 e. The highest BCUT2D eigenvalue weighted by Gasteiger charge is 2.57. The Morgan fingerprint density at radius 2 is 1.04 bits per heavy atom. The van der Waals surface area contributed by atoms with Crippen LogP contribution < -0.4 is 31.1 Å². The zero-order valence-electron chi connectivity index (χ0n) is 31.7. The first-order valence-corrected chi connectivity index (χ1v) is 19.7. The van der Waals surface area contributed by atoms with Crippen molar-refractivity contribution in [3.63, 3.8) is 0 Å². The Morgan fingerprint density at radius 3 is 1.60 bits per heavy atom. The molecular formula is C49H48BN3. The Hall–Kier alpha value is -5.22. The summed E-state index contributed by atoms with van der Waals surface area (Å²) >= 11 is 0. The number of benzene rings is 6. The van der Waals surface area contributed by atoms with Gasteiger partial charge in [-0.3, -0.25) is 0 Å². The maximum atomic E-state index is 2.79. The lowest BCUT2D eigenvalue weighted by Crippen LogP contribution is -2.61. The van der Waals surface area contributed by atoms with Crippen LogP contribution in [0.25, 0.3) is 0 Å². The van der Waals surface area contributed by atoms with Crippen LogP contribution in [0.4, 0.5) is 45.5 Å². The van der Waals surface area contributed by atoms with Crippen LogP contribution in [0.1, 0.15) is 77.8 Å². The number of hydrogen-bond acceptors (Lipinski definition) is 3. The minimum atomic E-state index is -0.0863. The van der Waals surface area contributed by atoms with Gasteiger partial charge in [-0.15, -0.1) is 0 Å². The molecular weight excluding hydrogens is 641 g/mol. The minimum Gasteiger partial charge on any atom is -0.334 e. The average molecular weight is 690 g/mol. The molecule has 6 aromatic rings. The van der Waals surface area contributed by atoms with Gasteiger partial charge in [-0.25, -0.2) is 0 Å². The molecule has 2 atom stereocenters. The molecule has 3 heterocycles. The summed E-state index contributed by atoms with van der Waals surface area (Å²) in [6, 6.07) is 52.8. The maximum absolute atomic E-state index is 2.79. The predicted octanol–water partition coefficient (Wildman–Crippen LogP) is 11.2. The zero-order valence-corrected chi connectivity index (χ0v) is 31.7. The molecule has 3 nitrogen and oxygen atoms in total. The van der Waals surface area contributed by atoms with Crippen LogP contribution in [0, 0.1) is 0 Å². The predicted molar refractivity (Wildman–Crippen MR) is 227 cm³/mol. The quantitative estimate of drug-likeness (QED) is 0.171. The van der Waals surface area contributed by atoms with Crippen molar-refractivity contribution in [1.82, 2.24) is 0 Å². The van der Waals surface area contributed by atoms with Crippen molar-refractivity contribution >= 4 is 68.6 Å². The molecule has 1 saturated carbocycles. The van der Waals surface area contributed by atoms with E-state index < -0.39 is 0 Å². The van der Waals surface area contributed by atoms with Crippen molar-refractivity contribution in [2.45, 2.75) is 83.1 Å². The van der Waals surface area contributed by atoms with E-state index >= 15 is 0 Å². The molecule has 3 aliphatic heterocycles.